The van der Waals surface area contributed by atoms with Crippen LogP contribution in [0.5, 0.6) is 0 Å². The second-order valence-corrected chi connectivity index (χ2v) is 3.40. The lowest BCUT2D eigenvalue weighted by Crippen LogP contribution is -2.11. The summed E-state index contributed by atoms with van der Waals surface area (Å²) in [6.07, 6.45) is 3.79. The molecule has 76 valence electrons. The Bertz CT molecular complexity index is 314. The lowest BCUT2D eigenvalue weighted by atomic mass is 10.1. The van der Waals surface area contributed by atoms with Crippen molar-refractivity contribution < 1.29 is 4.74 Å². The molecular formula is C10H15N3O. The lowest BCUT2D eigenvalue weighted by Gasteiger charge is -2.05. The third-order valence-electron chi connectivity index (χ3n) is 2.34. The Kier molecular flexibility index (Phi) is 3.06. The van der Waals surface area contributed by atoms with Crippen LogP contribution in [0.3, 0.4) is 0 Å². The molecule has 4 nitrogen and oxygen atoms in total. The molecule has 0 amide bonds. The van der Waals surface area contributed by atoms with E-state index in [9.17, 15) is 0 Å². The predicted molar refractivity (Wildman–Crippen MR) is 53.0 cm³/mol. The van der Waals surface area contributed by atoms with Gasteiger partial charge in [0.2, 0.25) is 0 Å². The number of ether oxygens (including phenoxy) is 1. The van der Waals surface area contributed by atoms with Crippen molar-refractivity contribution in [2.75, 3.05) is 20.3 Å². The van der Waals surface area contributed by atoms with E-state index in [-0.39, 0.29) is 0 Å². The molecule has 0 saturated heterocycles. The number of fused-ring (bicyclic) bond motifs is 1. The average molecular weight is 193 g/mol. The highest BCUT2D eigenvalue weighted by Crippen LogP contribution is 2.11. The SMILES string of the molecule is CNCc1ncc2c(n1)CCOCC2. The topological polar surface area (TPSA) is 47.0 Å². The second-order valence-electron chi connectivity index (χ2n) is 3.40. The molecule has 0 atom stereocenters. The minimum atomic E-state index is 0.730. The van der Waals surface area contributed by atoms with E-state index in [1.165, 1.54) is 5.56 Å². The van der Waals surface area contributed by atoms with Crippen molar-refractivity contribution in [2.24, 2.45) is 0 Å². The molecule has 0 saturated carbocycles. The highest BCUT2D eigenvalue weighted by Gasteiger charge is 2.10. The Hall–Kier alpha value is -1.00. The molecule has 0 aromatic carbocycles. The van der Waals surface area contributed by atoms with Crippen LogP contribution >= 0.6 is 0 Å². The van der Waals surface area contributed by atoms with Crippen molar-refractivity contribution in [1.29, 1.82) is 0 Å². The summed E-state index contributed by atoms with van der Waals surface area (Å²) >= 11 is 0. The Labute approximate surface area is 83.7 Å². The maximum absolute atomic E-state index is 5.39. The molecule has 0 radical (unpaired) electrons. The largest absolute Gasteiger partial charge is 0.381 e. The second kappa shape index (κ2) is 4.48. The van der Waals surface area contributed by atoms with E-state index in [1.807, 2.05) is 13.2 Å². The summed E-state index contributed by atoms with van der Waals surface area (Å²) < 4.78 is 5.39. The standard InChI is InChI=1S/C10H15N3O/c1-11-7-10-12-6-8-2-4-14-5-3-9(8)13-10/h6,11H,2-5,7H2,1H3. The van der Waals surface area contributed by atoms with Crippen molar-refractivity contribution in [3.05, 3.63) is 23.3 Å². The third-order valence-corrected chi connectivity index (χ3v) is 2.34. The van der Waals surface area contributed by atoms with Gasteiger partial charge in [0.15, 0.2) is 0 Å². The third kappa shape index (κ3) is 2.08. The predicted octanol–water partition coefficient (Wildman–Crippen LogP) is 0.311. The summed E-state index contributed by atoms with van der Waals surface area (Å²) in [5, 5.41) is 3.05. The molecule has 1 aliphatic heterocycles. The minimum Gasteiger partial charge on any atom is -0.381 e. The Morgan fingerprint density at radius 1 is 1.43 bits per heavy atom. The molecule has 0 bridgehead atoms. The fourth-order valence-corrected chi connectivity index (χ4v) is 1.61. The number of hydrogen-bond acceptors (Lipinski definition) is 4. The molecule has 1 aliphatic rings. The van der Waals surface area contributed by atoms with Crippen LogP contribution < -0.4 is 5.32 Å². The maximum atomic E-state index is 5.39. The van der Waals surface area contributed by atoms with Gasteiger partial charge in [-0.3, -0.25) is 0 Å². The first-order valence-corrected chi connectivity index (χ1v) is 4.96. The van der Waals surface area contributed by atoms with Gasteiger partial charge in [-0.25, -0.2) is 9.97 Å². The van der Waals surface area contributed by atoms with Gasteiger partial charge in [-0.15, -0.1) is 0 Å². The van der Waals surface area contributed by atoms with E-state index in [0.717, 1.165) is 44.1 Å². The number of rotatable bonds is 2. The molecule has 0 spiro atoms. The zero-order valence-electron chi connectivity index (χ0n) is 8.42. The van der Waals surface area contributed by atoms with Gasteiger partial charge in [-0.1, -0.05) is 0 Å². The normalized spacial score (nSPS) is 16.1. The number of hydrogen-bond donors (Lipinski definition) is 1. The first-order chi connectivity index (χ1) is 6.90. The van der Waals surface area contributed by atoms with Crippen LogP contribution in [-0.4, -0.2) is 30.2 Å². The van der Waals surface area contributed by atoms with Gasteiger partial charge < -0.3 is 10.1 Å². The van der Waals surface area contributed by atoms with Crippen LogP contribution in [-0.2, 0) is 24.1 Å². The molecule has 0 unspecified atom stereocenters. The molecule has 14 heavy (non-hydrogen) atoms. The quantitative estimate of drug-likeness (QED) is 0.734. The average Bonchev–Trinajstić information content (AvgIpc) is 2.42. The summed E-state index contributed by atoms with van der Waals surface area (Å²) in [6.45, 7) is 2.30. The van der Waals surface area contributed by atoms with Gasteiger partial charge in [0.1, 0.15) is 5.82 Å². The smallest absolute Gasteiger partial charge is 0.142 e. The monoisotopic (exact) mass is 193 g/mol. The molecule has 1 aromatic heterocycles. The molecule has 1 N–H and O–H groups in total. The van der Waals surface area contributed by atoms with Crippen molar-refractivity contribution in [1.82, 2.24) is 15.3 Å². The molecular weight excluding hydrogens is 178 g/mol. The zero-order valence-corrected chi connectivity index (χ0v) is 8.42. The van der Waals surface area contributed by atoms with Gasteiger partial charge in [0, 0.05) is 18.3 Å². The van der Waals surface area contributed by atoms with E-state index in [0.29, 0.717) is 0 Å². The van der Waals surface area contributed by atoms with Crippen molar-refractivity contribution in [2.45, 2.75) is 19.4 Å². The summed E-state index contributed by atoms with van der Waals surface area (Å²) in [4.78, 5) is 8.80. The van der Waals surface area contributed by atoms with E-state index in [4.69, 9.17) is 4.74 Å². The van der Waals surface area contributed by atoms with E-state index >= 15 is 0 Å². The van der Waals surface area contributed by atoms with Crippen LogP contribution in [0.2, 0.25) is 0 Å². The summed E-state index contributed by atoms with van der Waals surface area (Å²) in [5.74, 6) is 0.869. The van der Waals surface area contributed by atoms with E-state index < -0.39 is 0 Å². The van der Waals surface area contributed by atoms with E-state index in [1.54, 1.807) is 0 Å². The van der Waals surface area contributed by atoms with Crippen molar-refractivity contribution in [3.63, 3.8) is 0 Å². The highest BCUT2D eigenvalue weighted by atomic mass is 16.5. The Morgan fingerprint density at radius 3 is 3.14 bits per heavy atom. The van der Waals surface area contributed by atoms with Crippen molar-refractivity contribution in [3.8, 4) is 0 Å². The Balaban J connectivity index is 2.23. The van der Waals surface area contributed by atoms with Crippen LogP contribution in [0, 0.1) is 0 Å². The zero-order chi connectivity index (χ0) is 9.80. The van der Waals surface area contributed by atoms with Crippen molar-refractivity contribution >= 4 is 0 Å². The highest BCUT2D eigenvalue weighted by molar-refractivity contribution is 5.19. The first kappa shape index (κ1) is 9.55. The molecule has 2 rings (SSSR count). The number of nitrogens with one attached hydrogen (secondary N) is 1. The number of nitrogens with zero attached hydrogens (tertiary/aromatic N) is 2. The van der Waals surface area contributed by atoms with Gasteiger partial charge in [0.05, 0.1) is 19.8 Å². The fraction of sp³-hybridized carbons (Fsp3) is 0.600. The summed E-state index contributed by atoms with van der Waals surface area (Å²) in [7, 11) is 1.90. The molecule has 2 heterocycles. The summed E-state index contributed by atoms with van der Waals surface area (Å²) in [5.41, 5.74) is 2.39. The maximum Gasteiger partial charge on any atom is 0.142 e. The van der Waals surface area contributed by atoms with Gasteiger partial charge in [-0.05, 0) is 19.0 Å². The van der Waals surface area contributed by atoms with Gasteiger partial charge >= 0.3 is 0 Å². The number of aromatic nitrogens is 2. The Morgan fingerprint density at radius 2 is 2.29 bits per heavy atom. The van der Waals surface area contributed by atoms with Crippen LogP contribution in [0.15, 0.2) is 6.20 Å². The molecule has 1 aromatic rings. The first-order valence-electron chi connectivity index (χ1n) is 4.96. The minimum absolute atomic E-state index is 0.730. The molecule has 4 heteroatoms. The van der Waals surface area contributed by atoms with Gasteiger partial charge in [0.25, 0.3) is 0 Å². The molecule has 0 aliphatic carbocycles. The van der Waals surface area contributed by atoms with Gasteiger partial charge in [-0.2, -0.15) is 0 Å². The van der Waals surface area contributed by atoms with Crippen LogP contribution in [0.25, 0.3) is 0 Å². The van der Waals surface area contributed by atoms with E-state index in [2.05, 4.69) is 15.3 Å². The van der Waals surface area contributed by atoms with Crippen LogP contribution in [0.4, 0.5) is 0 Å². The van der Waals surface area contributed by atoms with Crippen LogP contribution in [0.1, 0.15) is 17.1 Å². The molecule has 0 fully saturated rings. The lowest BCUT2D eigenvalue weighted by molar-refractivity contribution is 0.146. The summed E-state index contributed by atoms with van der Waals surface area (Å²) in [6, 6.07) is 0. The fourth-order valence-electron chi connectivity index (χ4n) is 1.61.